The Kier molecular flexibility index (Phi) is 2.70. The number of hydrogen-bond donors (Lipinski definition) is 0. The maximum atomic E-state index is 4.57. The van der Waals surface area contributed by atoms with Crippen molar-refractivity contribution in [2.45, 2.75) is 0 Å². The van der Waals surface area contributed by atoms with Crippen LogP contribution in [0.1, 0.15) is 0 Å². The molecule has 96 valence electrons. The topological polar surface area (TPSA) is 30.7 Å². The Balaban J connectivity index is 1.96. The van der Waals surface area contributed by atoms with Gasteiger partial charge in [-0.25, -0.2) is 4.98 Å². The van der Waals surface area contributed by atoms with Crippen LogP contribution in [-0.2, 0) is 0 Å². The van der Waals surface area contributed by atoms with Crippen molar-refractivity contribution in [1.82, 2.24) is 14.5 Å². The molecule has 4 rings (SSSR count). The van der Waals surface area contributed by atoms with Crippen molar-refractivity contribution in [2.24, 2.45) is 0 Å². The second-order valence-corrected chi connectivity index (χ2v) is 5.90. The molecule has 0 amide bonds. The van der Waals surface area contributed by atoms with Gasteiger partial charge < -0.3 is 0 Å². The molecule has 0 N–H and O–H groups in total. The van der Waals surface area contributed by atoms with Crippen LogP contribution in [0.15, 0.2) is 61.2 Å². The lowest BCUT2D eigenvalue weighted by molar-refractivity contribution is 1.05. The fourth-order valence-corrected chi connectivity index (χ4v) is 2.92. The number of pyridine rings is 2. The molecule has 0 saturated heterocycles. The van der Waals surface area contributed by atoms with Crippen molar-refractivity contribution < 1.29 is 0 Å². The quantitative estimate of drug-likeness (QED) is 0.470. The Hall–Kier alpha value is -1.95. The van der Waals surface area contributed by atoms with Gasteiger partial charge in [0.1, 0.15) is 5.82 Å². The van der Waals surface area contributed by atoms with Gasteiger partial charge in [0, 0.05) is 32.9 Å². The number of fused-ring (bicyclic) bond motifs is 2. The summed E-state index contributed by atoms with van der Waals surface area (Å²) in [6, 6.07) is 12.6. The predicted octanol–water partition coefficient (Wildman–Crippen LogP) is 4.18. The number of rotatable bonds is 1. The van der Waals surface area contributed by atoms with E-state index >= 15 is 0 Å². The monoisotopic (exact) mass is 371 g/mol. The third-order valence-corrected chi connectivity index (χ3v) is 4.08. The molecule has 3 nitrogen and oxygen atoms in total. The molecule has 1 aromatic carbocycles. The van der Waals surface area contributed by atoms with Crippen LogP contribution in [0.4, 0.5) is 0 Å². The highest BCUT2D eigenvalue weighted by atomic mass is 127. The van der Waals surface area contributed by atoms with Crippen LogP contribution in [0.5, 0.6) is 0 Å². The van der Waals surface area contributed by atoms with Crippen molar-refractivity contribution in [3.8, 4) is 5.82 Å². The standard InChI is InChI=1S/C16H10IN3/c17-14-2-1-12-8-16(19-9-13(12)7-14)20-6-4-11-3-5-18-10-15(11)20/h1-10H. The molecule has 0 unspecified atom stereocenters. The van der Waals surface area contributed by atoms with Crippen molar-refractivity contribution >= 4 is 44.3 Å². The van der Waals surface area contributed by atoms with E-state index in [1.165, 1.54) is 14.3 Å². The summed E-state index contributed by atoms with van der Waals surface area (Å²) < 4.78 is 3.29. The number of nitrogens with zero attached hydrogens (tertiary/aromatic N) is 3. The van der Waals surface area contributed by atoms with E-state index in [0.29, 0.717) is 0 Å². The Bertz CT molecular complexity index is 927. The molecule has 3 aromatic heterocycles. The fourth-order valence-electron chi connectivity index (χ4n) is 2.41. The third-order valence-electron chi connectivity index (χ3n) is 3.41. The van der Waals surface area contributed by atoms with E-state index in [4.69, 9.17) is 0 Å². The lowest BCUT2D eigenvalue weighted by atomic mass is 10.2. The minimum Gasteiger partial charge on any atom is -0.300 e. The van der Waals surface area contributed by atoms with Crippen LogP contribution in [0, 0.1) is 3.57 Å². The fraction of sp³-hybridized carbons (Fsp3) is 0. The zero-order chi connectivity index (χ0) is 13.5. The van der Waals surface area contributed by atoms with Gasteiger partial charge in [0.25, 0.3) is 0 Å². The molecule has 0 spiro atoms. The Labute approximate surface area is 129 Å². The number of aromatic nitrogens is 3. The van der Waals surface area contributed by atoms with Crippen molar-refractivity contribution in [3.05, 3.63) is 64.8 Å². The van der Waals surface area contributed by atoms with Gasteiger partial charge in [-0.1, -0.05) is 6.07 Å². The van der Waals surface area contributed by atoms with E-state index < -0.39 is 0 Å². The molecule has 0 atom stereocenters. The van der Waals surface area contributed by atoms with Gasteiger partial charge in [0.2, 0.25) is 0 Å². The van der Waals surface area contributed by atoms with Gasteiger partial charge in [-0.2, -0.15) is 0 Å². The SMILES string of the molecule is Ic1ccc2cc(-n3ccc4ccncc43)ncc2c1. The Morgan fingerprint density at radius 2 is 1.85 bits per heavy atom. The average Bonchev–Trinajstić information content (AvgIpc) is 2.91. The summed E-state index contributed by atoms with van der Waals surface area (Å²) in [5.74, 6) is 0.918. The van der Waals surface area contributed by atoms with Crippen molar-refractivity contribution in [3.63, 3.8) is 0 Å². The molecule has 0 aliphatic carbocycles. The minimum absolute atomic E-state index is 0.918. The maximum Gasteiger partial charge on any atom is 0.137 e. The largest absolute Gasteiger partial charge is 0.300 e. The first-order valence-corrected chi connectivity index (χ1v) is 7.36. The molecular weight excluding hydrogens is 361 g/mol. The van der Waals surface area contributed by atoms with E-state index in [2.05, 4.69) is 67.5 Å². The van der Waals surface area contributed by atoms with Gasteiger partial charge in [-0.15, -0.1) is 0 Å². The third kappa shape index (κ3) is 1.87. The lowest BCUT2D eigenvalue weighted by Gasteiger charge is -2.06. The van der Waals surface area contributed by atoms with Crippen LogP contribution in [0.3, 0.4) is 0 Å². The smallest absolute Gasteiger partial charge is 0.137 e. The van der Waals surface area contributed by atoms with E-state index in [1.54, 1.807) is 0 Å². The zero-order valence-corrected chi connectivity index (χ0v) is 12.7. The van der Waals surface area contributed by atoms with E-state index in [-0.39, 0.29) is 0 Å². The highest BCUT2D eigenvalue weighted by Crippen LogP contribution is 2.22. The normalized spacial score (nSPS) is 11.2. The molecule has 0 aliphatic heterocycles. The molecule has 0 fully saturated rings. The number of hydrogen-bond acceptors (Lipinski definition) is 2. The molecule has 0 radical (unpaired) electrons. The van der Waals surface area contributed by atoms with Gasteiger partial charge in [0.05, 0.1) is 11.7 Å². The van der Waals surface area contributed by atoms with Gasteiger partial charge >= 0.3 is 0 Å². The Morgan fingerprint density at radius 3 is 2.80 bits per heavy atom. The predicted molar refractivity (Wildman–Crippen MR) is 89.1 cm³/mol. The molecule has 4 aromatic rings. The molecule has 3 heterocycles. The van der Waals surface area contributed by atoms with Crippen molar-refractivity contribution in [1.29, 1.82) is 0 Å². The maximum absolute atomic E-state index is 4.57. The van der Waals surface area contributed by atoms with E-state index in [0.717, 1.165) is 16.7 Å². The highest BCUT2D eigenvalue weighted by Gasteiger charge is 2.05. The van der Waals surface area contributed by atoms with Gasteiger partial charge in [-0.3, -0.25) is 9.55 Å². The summed E-state index contributed by atoms with van der Waals surface area (Å²) in [5.41, 5.74) is 1.07. The molecule has 0 aliphatic rings. The molecule has 20 heavy (non-hydrogen) atoms. The summed E-state index contributed by atoms with van der Waals surface area (Å²) >= 11 is 2.32. The summed E-state index contributed by atoms with van der Waals surface area (Å²) in [5, 5.41) is 3.53. The summed E-state index contributed by atoms with van der Waals surface area (Å²) in [6.45, 7) is 0. The molecule has 4 heteroatoms. The van der Waals surface area contributed by atoms with Gasteiger partial charge in [0.15, 0.2) is 0 Å². The minimum atomic E-state index is 0.918. The molecule has 0 saturated carbocycles. The molecular formula is C16H10IN3. The first-order valence-electron chi connectivity index (χ1n) is 6.28. The van der Waals surface area contributed by atoms with Crippen LogP contribution in [-0.4, -0.2) is 14.5 Å². The second kappa shape index (κ2) is 4.56. The lowest BCUT2D eigenvalue weighted by Crippen LogP contribution is -1.95. The van der Waals surface area contributed by atoms with E-state index in [9.17, 15) is 0 Å². The molecule has 0 bridgehead atoms. The first-order chi connectivity index (χ1) is 9.81. The zero-order valence-electron chi connectivity index (χ0n) is 10.5. The van der Waals surface area contributed by atoms with Crippen LogP contribution >= 0.6 is 22.6 Å². The van der Waals surface area contributed by atoms with Crippen LogP contribution in [0.25, 0.3) is 27.5 Å². The van der Waals surface area contributed by atoms with E-state index in [1.807, 2.05) is 30.9 Å². The number of halogens is 1. The van der Waals surface area contributed by atoms with Crippen LogP contribution in [0.2, 0.25) is 0 Å². The van der Waals surface area contributed by atoms with Gasteiger partial charge in [-0.05, 0) is 58.3 Å². The average molecular weight is 371 g/mol. The Morgan fingerprint density at radius 1 is 0.900 bits per heavy atom. The number of benzene rings is 1. The second-order valence-electron chi connectivity index (χ2n) is 4.65. The first kappa shape index (κ1) is 11.8. The van der Waals surface area contributed by atoms with Crippen LogP contribution < -0.4 is 0 Å². The summed E-state index contributed by atoms with van der Waals surface area (Å²) in [7, 11) is 0. The highest BCUT2D eigenvalue weighted by molar-refractivity contribution is 14.1. The summed E-state index contributed by atoms with van der Waals surface area (Å²) in [6.07, 6.45) is 7.64. The summed E-state index contributed by atoms with van der Waals surface area (Å²) in [4.78, 5) is 8.77. The van der Waals surface area contributed by atoms with Crippen molar-refractivity contribution in [2.75, 3.05) is 0 Å².